The fourth-order valence-corrected chi connectivity index (χ4v) is 2.84. The molecule has 1 saturated heterocycles. The van der Waals surface area contributed by atoms with Crippen LogP contribution in [-0.2, 0) is 20.9 Å². The van der Waals surface area contributed by atoms with E-state index in [2.05, 4.69) is 4.57 Å². The number of ether oxygens (including phenoxy) is 1. The summed E-state index contributed by atoms with van der Waals surface area (Å²) in [4.78, 5) is 25.5. The third kappa shape index (κ3) is 4.83. The zero-order valence-corrected chi connectivity index (χ0v) is 13.2. The average molecular weight is 305 g/mol. The van der Waals surface area contributed by atoms with Crippen molar-refractivity contribution in [3.05, 3.63) is 30.6 Å². The molecule has 120 valence electrons. The number of aromatic nitrogens is 1. The molecule has 5 nitrogen and oxygen atoms in total. The van der Waals surface area contributed by atoms with Crippen LogP contribution in [0.1, 0.15) is 32.1 Å². The minimum absolute atomic E-state index is 0.0384. The predicted octanol–water partition coefficient (Wildman–Crippen LogP) is 1.56. The van der Waals surface area contributed by atoms with Crippen molar-refractivity contribution in [3.8, 4) is 0 Å². The van der Waals surface area contributed by atoms with E-state index in [-0.39, 0.29) is 17.8 Å². The third-order valence-electron chi connectivity index (χ3n) is 4.22. The number of nitrogens with zero attached hydrogens (tertiary/aromatic N) is 2. The number of likely N-dealkylation sites (tertiary alicyclic amines) is 1. The summed E-state index contributed by atoms with van der Waals surface area (Å²) in [6.07, 6.45) is 8.02. The number of carbonyl (C=O) groups excluding carboxylic acids is 2. The fourth-order valence-electron chi connectivity index (χ4n) is 2.84. The molecule has 5 heteroatoms. The van der Waals surface area contributed by atoms with Crippen LogP contribution in [0.5, 0.6) is 0 Å². The Morgan fingerprint density at radius 2 is 1.82 bits per heavy atom. The van der Waals surface area contributed by atoms with Gasteiger partial charge in [0, 0.05) is 38.1 Å². The van der Waals surface area contributed by atoms with Crippen LogP contribution in [0.15, 0.2) is 30.6 Å². The van der Waals surface area contributed by atoms with Gasteiger partial charge >= 0.3 is 5.97 Å². The molecule has 0 aromatic carbocycles. The second kappa shape index (κ2) is 8.51. The molecular formula is C17H25N2O3+. The molecule has 1 fully saturated rings. The van der Waals surface area contributed by atoms with Crippen molar-refractivity contribution in [1.82, 2.24) is 4.90 Å². The first-order chi connectivity index (χ1) is 10.7. The van der Waals surface area contributed by atoms with E-state index in [1.54, 1.807) is 0 Å². The number of carbonyl (C=O) groups is 2. The van der Waals surface area contributed by atoms with E-state index in [0.717, 1.165) is 32.2 Å². The molecule has 1 aliphatic rings. The number of aryl methyl sites for hydroxylation is 1. The Bertz CT molecular complexity index is 482. The van der Waals surface area contributed by atoms with Crippen molar-refractivity contribution in [2.24, 2.45) is 5.92 Å². The van der Waals surface area contributed by atoms with Gasteiger partial charge in [-0.2, -0.15) is 0 Å². The Labute approximate surface area is 131 Å². The summed E-state index contributed by atoms with van der Waals surface area (Å²) in [7, 11) is 1.42. The Balaban J connectivity index is 1.63. The molecule has 1 aliphatic heterocycles. The van der Waals surface area contributed by atoms with Crippen molar-refractivity contribution in [2.75, 3.05) is 20.2 Å². The quantitative estimate of drug-likeness (QED) is 0.455. The predicted molar refractivity (Wildman–Crippen MR) is 81.8 cm³/mol. The topological polar surface area (TPSA) is 50.5 Å². The number of esters is 1. The van der Waals surface area contributed by atoms with Gasteiger partial charge in [-0.3, -0.25) is 9.59 Å². The van der Waals surface area contributed by atoms with Crippen LogP contribution in [-0.4, -0.2) is 37.0 Å². The molecule has 1 aromatic heterocycles. The lowest BCUT2D eigenvalue weighted by Crippen LogP contribution is -2.40. The Kier molecular flexibility index (Phi) is 6.37. The molecule has 0 saturated carbocycles. The highest BCUT2D eigenvalue weighted by Crippen LogP contribution is 2.19. The Morgan fingerprint density at radius 3 is 2.45 bits per heavy atom. The van der Waals surface area contributed by atoms with Crippen LogP contribution in [0.2, 0.25) is 0 Å². The highest BCUT2D eigenvalue weighted by molar-refractivity contribution is 5.77. The van der Waals surface area contributed by atoms with E-state index in [1.165, 1.54) is 7.11 Å². The van der Waals surface area contributed by atoms with Gasteiger partial charge in [0.2, 0.25) is 5.91 Å². The van der Waals surface area contributed by atoms with Gasteiger partial charge in [-0.1, -0.05) is 6.07 Å². The standard InChI is InChI=1S/C17H25N2O3/c1-22-17(21)15-8-13-19(14-9-15)16(20)7-3-6-12-18-10-4-2-5-11-18/h2,4-5,10-11,15H,3,6-9,12-14H2,1H3/q+1. The summed E-state index contributed by atoms with van der Waals surface area (Å²) in [5, 5.41) is 0. The van der Waals surface area contributed by atoms with Gasteiger partial charge in [0.15, 0.2) is 12.4 Å². The lowest BCUT2D eigenvalue weighted by molar-refractivity contribution is -0.697. The highest BCUT2D eigenvalue weighted by Gasteiger charge is 2.27. The second-order valence-electron chi connectivity index (χ2n) is 5.75. The number of hydrogen-bond donors (Lipinski definition) is 0. The number of methoxy groups -OCH3 is 1. The minimum Gasteiger partial charge on any atom is -0.469 e. The van der Waals surface area contributed by atoms with Crippen LogP contribution in [0.4, 0.5) is 0 Å². The molecule has 0 N–H and O–H groups in total. The van der Waals surface area contributed by atoms with E-state index in [0.29, 0.717) is 19.5 Å². The zero-order chi connectivity index (χ0) is 15.8. The summed E-state index contributed by atoms with van der Waals surface area (Å²) in [6.45, 7) is 2.29. The number of amides is 1. The highest BCUT2D eigenvalue weighted by atomic mass is 16.5. The molecule has 1 aromatic rings. The first-order valence-corrected chi connectivity index (χ1v) is 8.00. The number of hydrogen-bond acceptors (Lipinski definition) is 3. The molecule has 2 rings (SSSR count). The molecule has 0 spiro atoms. The first-order valence-electron chi connectivity index (χ1n) is 8.00. The van der Waals surface area contributed by atoms with Crippen molar-refractivity contribution < 1.29 is 18.9 Å². The van der Waals surface area contributed by atoms with Gasteiger partial charge in [-0.05, 0) is 19.3 Å². The molecule has 22 heavy (non-hydrogen) atoms. The van der Waals surface area contributed by atoms with Gasteiger partial charge in [-0.15, -0.1) is 0 Å². The van der Waals surface area contributed by atoms with Crippen molar-refractivity contribution >= 4 is 11.9 Å². The smallest absolute Gasteiger partial charge is 0.308 e. The molecule has 0 atom stereocenters. The van der Waals surface area contributed by atoms with Crippen LogP contribution < -0.4 is 4.57 Å². The van der Waals surface area contributed by atoms with Crippen LogP contribution in [0, 0.1) is 5.92 Å². The normalized spacial score (nSPS) is 15.6. The van der Waals surface area contributed by atoms with E-state index in [9.17, 15) is 9.59 Å². The van der Waals surface area contributed by atoms with Crippen LogP contribution >= 0.6 is 0 Å². The molecule has 1 amide bonds. The van der Waals surface area contributed by atoms with E-state index in [4.69, 9.17) is 4.74 Å². The summed E-state index contributed by atoms with van der Waals surface area (Å²) >= 11 is 0. The Morgan fingerprint density at radius 1 is 1.14 bits per heavy atom. The average Bonchev–Trinajstić information content (AvgIpc) is 2.59. The molecule has 0 radical (unpaired) electrons. The van der Waals surface area contributed by atoms with Crippen molar-refractivity contribution in [2.45, 2.75) is 38.6 Å². The Hall–Kier alpha value is -1.91. The van der Waals surface area contributed by atoms with Gasteiger partial charge in [0.1, 0.15) is 6.54 Å². The molecule has 0 aliphatic carbocycles. The summed E-state index contributed by atoms with van der Waals surface area (Å²) in [6, 6.07) is 6.02. The van der Waals surface area contributed by atoms with E-state index in [1.807, 2.05) is 35.5 Å². The van der Waals surface area contributed by atoms with E-state index >= 15 is 0 Å². The largest absolute Gasteiger partial charge is 0.469 e. The summed E-state index contributed by atoms with van der Waals surface area (Å²) < 4.78 is 6.89. The minimum atomic E-state index is -0.146. The maximum Gasteiger partial charge on any atom is 0.308 e. The van der Waals surface area contributed by atoms with Crippen LogP contribution in [0.25, 0.3) is 0 Å². The molecule has 0 bridgehead atoms. The van der Waals surface area contributed by atoms with Gasteiger partial charge in [0.25, 0.3) is 0 Å². The number of pyridine rings is 1. The number of rotatable bonds is 6. The molecule has 2 heterocycles. The second-order valence-corrected chi connectivity index (χ2v) is 5.75. The third-order valence-corrected chi connectivity index (χ3v) is 4.22. The zero-order valence-electron chi connectivity index (χ0n) is 13.2. The van der Waals surface area contributed by atoms with Gasteiger partial charge < -0.3 is 9.64 Å². The monoisotopic (exact) mass is 305 g/mol. The lowest BCUT2D eigenvalue weighted by atomic mass is 9.96. The summed E-state index contributed by atoms with van der Waals surface area (Å²) in [5.41, 5.74) is 0. The molecular weight excluding hydrogens is 280 g/mol. The van der Waals surface area contributed by atoms with Crippen molar-refractivity contribution in [1.29, 1.82) is 0 Å². The van der Waals surface area contributed by atoms with Crippen LogP contribution in [0.3, 0.4) is 0 Å². The van der Waals surface area contributed by atoms with Gasteiger partial charge in [0.05, 0.1) is 13.0 Å². The maximum absolute atomic E-state index is 12.2. The van der Waals surface area contributed by atoms with Crippen molar-refractivity contribution in [3.63, 3.8) is 0 Å². The summed E-state index contributed by atoms with van der Waals surface area (Å²) in [5.74, 6) is 0.0249. The number of piperidine rings is 1. The first kappa shape index (κ1) is 16.5. The fraction of sp³-hybridized carbons (Fsp3) is 0.588. The SMILES string of the molecule is COC(=O)C1CCN(C(=O)CCCC[n+]2ccccc2)CC1. The number of unbranched alkanes of at least 4 members (excludes halogenated alkanes) is 1. The maximum atomic E-state index is 12.2. The molecule has 0 unspecified atom stereocenters. The van der Waals surface area contributed by atoms with E-state index < -0.39 is 0 Å². The lowest BCUT2D eigenvalue weighted by Gasteiger charge is -2.30. The van der Waals surface area contributed by atoms with Gasteiger partial charge in [-0.25, -0.2) is 4.57 Å².